The fourth-order valence-electron chi connectivity index (χ4n) is 3.29. The molecule has 3 heteroatoms. The van der Waals surface area contributed by atoms with Crippen molar-refractivity contribution in [3.05, 3.63) is 71.8 Å². The molecular formula is C20H23NO2. The molecule has 120 valence electrons. The van der Waals surface area contributed by atoms with E-state index in [0.29, 0.717) is 5.92 Å². The standard InChI is InChI=1S/C20H23NO2/c22-15-16-11-13-21(14-12-16)20(23)19(17-7-3-1-4-8-17)18-9-5-2-6-10-18/h1-10,16,19,22H,11-15H2. The molecule has 0 radical (unpaired) electrons. The maximum absolute atomic E-state index is 13.2. The monoisotopic (exact) mass is 309 g/mol. The van der Waals surface area contributed by atoms with Gasteiger partial charge in [-0.25, -0.2) is 0 Å². The molecular weight excluding hydrogens is 286 g/mol. The van der Waals surface area contributed by atoms with Crippen LogP contribution in [0.25, 0.3) is 0 Å². The maximum Gasteiger partial charge on any atom is 0.234 e. The number of aliphatic hydroxyl groups excluding tert-OH is 1. The number of benzene rings is 2. The van der Waals surface area contributed by atoms with E-state index in [2.05, 4.69) is 0 Å². The Bertz CT molecular complexity index is 579. The molecule has 0 bridgehead atoms. The van der Waals surface area contributed by atoms with Gasteiger partial charge in [0.05, 0.1) is 5.92 Å². The van der Waals surface area contributed by atoms with Gasteiger partial charge in [0.25, 0.3) is 0 Å². The number of hydrogen-bond acceptors (Lipinski definition) is 2. The molecule has 1 aliphatic rings. The van der Waals surface area contributed by atoms with E-state index in [1.54, 1.807) is 0 Å². The number of aliphatic hydroxyl groups is 1. The molecule has 2 aromatic carbocycles. The topological polar surface area (TPSA) is 40.5 Å². The minimum atomic E-state index is -0.247. The third-order valence-electron chi connectivity index (χ3n) is 4.70. The van der Waals surface area contributed by atoms with Crippen molar-refractivity contribution in [3.63, 3.8) is 0 Å². The van der Waals surface area contributed by atoms with Crippen LogP contribution in [0, 0.1) is 5.92 Å². The van der Waals surface area contributed by atoms with Crippen LogP contribution in [0.5, 0.6) is 0 Å². The molecule has 0 unspecified atom stereocenters. The second kappa shape index (κ2) is 7.42. The highest BCUT2D eigenvalue weighted by molar-refractivity contribution is 5.87. The zero-order valence-electron chi connectivity index (χ0n) is 13.3. The summed E-state index contributed by atoms with van der Waals surface area (Å²) in [5.41, 5.74) is 2.07. The molecule has 2 aromatic rings. The number of carbonyl (C=O) groups excluding carboxylic acids is 1. The van der Waals surface area contributed by atoms with E-state index in [-0.39, 0.29) is 18.4 Å². The normalized spacial score (nSPS) is 15.8. The quantitative estimate of drug-likeness (QED) is 0.943. The van der Waals surface area contributed by atoms with Crippen LogP contribution in [-0.4, -0.2) is 35.6 Å². The third kappa shape index (κ3) is 3.62. The lowest BCUT2D eigenvalue weighted by molar-refractivity contribution is -0.133. The van der Waals surface area contributed by atoms with Crippen LogP contribution in [0.15, 0.2) is 60.7 Å². The van der Waals surface area contributed by atoms with Gasteiger partial charge >= 0.3 is 0 Å². The molecule has 0 spiro atoms. The van der Waals surface area contributed by atoms with Crippen molar-refractivity contribution >= 4 is 5.91 Å². The first-order valence-electron chi connectivity index (χ1n) is 8.29. The maximum atomic E-state index is 13.2. The van der Waals surface area contributed by atoms with Crippen LogP contribution in [0.4, 0.5) is 0 Å². The zero-order chi connectivity index (χ0) is 16.1. The van der Waals surface area contributed by atoms with Crippen LogP contribution in [0.3, 0.4) is 0 Å². The van der Waals surface area contributed by atoms with Crippen molar-refractivity contribution in [1.82, 2.24) is 4.90 Å². The van der Waals surface area contributed by atoms with Crippen molar-refractivity contribution in [2.45, 2.75) is 18.8 Å². The van der Waals surface area contributed by atoms with Gasteiger partial charge in [-0.3, -0.25) is 4.79 Å². The van der Waals surface area contributed by atoms with Crippen LogP contribution in [0.1, 0.15) is 29.9 Å². The van der Waals surface area contributed by atoms with Gasteiger partial charge in [0.2, 0.25) is 5.91 Å². The summed E-state index contributed by atoms with van der Waals surface area (Å²) in [4.78, 5) is 15.1. The molecule has 1 heterocycles. The molecule has 1 saturated heterocycles. The first-order chi connectivity index (χ1) is 11.3. The van der Waals surface area contributed by atoms with E-state index < -0.39 is 0 Å². The molecule has 3 rings (SSSR count). The van der Waals surface area contributed by atoms with Crippen molar-refractivity contribution < 1.29 is 9.90 Å². The Morgan fingerprint density at radius 2 is 1.43 bits per heavy atom. The fourth-order valence-corrected chi connectivity index (χ4v) is 3.29. The molecule has 1 aliphatic heterocycles. The Balaban J connectivity index is 1.86. The SMILES string of the molecule is O=C(C(c1ccccc1)c1ccccc1)N1CCC(CO)CC1. The molecule has 23 heavy (non-hydrogen) atoms. The third-order valence-corrected chi connectivity index (χ3v) is 4.70. The highest BCUT2D eigenvalue weighted by Gasteiger charge is 2.30. The van der Waals surface area contributed by atoms with Crippen LogP contribution >= 0.6 is 0 Å². The number of nitrogens with zero attached hydrogens (tertiary/aromatic N) is 1. The summed E-state index contributed by atoms with van der Waals surface area (Å²) in [7, 11) is 0. The number of piperidine rings is 1. The van der Waals surface area contributed by atoms with E-state index in [4.69, 9.17) is 0 Å². The highest BCUT2D eigenvalue weighted by Crippen LogP contribution is 2.28. The highest BCUT2D eigenvalue weighted by atomic mass is 16.3. The number of carbonyl (C=O) groups is 1. The van der Waals surface area contributed by atoms with E-state index >= 15 is 0 Å². The number of amides is 1. The fraction of sp³-hybridized carbons (Fsp3) is 0.350. The summed E-state index contributed by atoms with van der Waals surface area (Å²) >= 11 is 0. The molecule has 1 N–H and O–H groups in total. The summed E-state index contributed by atoms with van der Waals surface area (Å²) in [6.07, 6.45) is 1.77. The van der Waals surface area contributed by atoms with Crippen LogP contribution in [-0.2, 0) is 4.79 Å². The lowest BCUT2D eigenvalue weighted by Crippen LogP contribution is -2.42. The molecule has 0 atom stereocenters. The number of likely N-dealkylation sites (tertiary alicyclic amines) is 1. The Morgan fingerprint density at radius 1 is 0.957 bits per heavy atom. The number of hydrogen-bond donors (Lipinski definition) is 1. The van der Waals surface area contributed by atoms with Gasteiger partial charge in [0.1, 0.15) is 0 Å². The second-order valence-electron chi connectivity index (χ2n) is 6.21. The van der Waals surface area contributed by atoms with Gasteiger partial charge in [-0.2, -0.15) is 0 Å². The summed E-state index contributed by atoms with van der Waals surface area (Å²) in [6, 6.07) is 20.0. The molecule has 0 aromatic heterocycles. The summed E-state index contributed by atoms with van der Waals surface area (Å²) in [5.74, 6) is 0.257. The van der Waals surface area contributed by atoms with Crippen molar-refractivity contribution in [1.29, 1.82) is 0 Å². The van der Waals surface area contributed by atoms with Gasteiger partial charge in [-0.05, 0) is 29.9 Å². The van der Waals surface area contributed by atoms with Crippen LogP contribution < -0.4 is 0 Å². The Hall–Kier alpha value is -2.13. The van der Waals surface area contributed by atoms with Gasteiger partial charge in [0, 0.05) is 19.7 Å². The van der Waals surface area contributed by atoms with E-state index in [9.17, 15) is 9.90 Å². The first-order valence-corrected chi connectivity index (χ1v) is 8.29. The predicted octanol–water partition coefficient (Wildman–Crippen LogP) is 3.05. The molecule has 0 aliphatic carbocycles. The van der Waals surface area contributed by atoms with Crippen LogP contribution in [0.2, 0.25) is 0 Å². The zero-order valence-corrected chi connectivity index (χ0v) is 13.3. The number of rotatable bonds is 4. The Kier molecular flexibility index (Phi) is 5.09. The largest absolute Gasteiger partial charge is 0.396 e. The lowest BCUT2D eigenvalue weighted by Gasteiger charge is -2.34. The van der Waals surface area contributed by atoms with Crippen molar-refractivity contribution in [2.75, 3.05) is 19.7 Å². The van der Waals surface area contributed by atoms with Gasteiger partial charge in [-0.15, -0.1) is 0 Å². The molecule has 3 nitrogen and oxygen atoms in total. The van der Waals surface area contributed by atoms with Gasteiger partial charge in [0.15, 0.2) is 0 Å². The van der Waals surface area contributed by atoms with Gasteiger partial charge in [-0.1, -0.05) is 60.7 Å². The smallest absolute Gasteiger partial charge is 0.234 e. The minimum Gasteiger partial charge on any atom is -0.396 e. The average molecular weight is 309 g/mol. The first kappa shape index (κ1) is 15.8. The molecule has 0 saturated carbocycles. The van der Waals surface area contributed by atoms with Crippen molar-refractivity contribution in [2.24, 2.45) is 5.92 Å². The van der Waals surface area contributed by atoms with E-state index in [1.165, 1.54) is 0 Å². The predicted molar refractivity (Wildman–Crippen MR) is 91.1 cm³/mol. The summed E-state index contributed by atoms with van der Waals surface area (Å²) in [5, 5.41) is 9.28. The summed E-state index contributed by atoms with van der Waals surface area (Å²) in [6.45, 7) is 1.70. The van der Waals surface area contributed by atoms with Crippen molar-refractivity contribution in [3.8, 4) is 0 Å². The average Bonchev–Trinajstić information content (AvgIpc) is 2.64. The van der Waals surface area contributed by atoms with Gasteiger partial charge < -0.3 is 10.0 Å². The Morgan fingerprint density at radius 3 is 1.87 bits per heavy atom. The van der Waals surface area contributed by atoms with E-state index in [0.717, 1.165) is 37.1 Å². The Labute approximate surface area is 137 Å². The van der Waals surface area contributed by atoms with E-state index in [1.807, 2.05) is 65.6 Å². The summed E-state index contributed by atoms with van der Waals surface area (Å²) < 4.78 is 0. The minimum absolute atomic E-state index is 0.166. The molecule has 1 amide bonds. The molecule has 1 fully saturated rings. The second-order valence-corrected chi connectivity index (χ2v) is 6.21. The lowest BCUT2D eigenvalue weighted by atomic mass is 9.88.